The molecule has 0 spiro atoms. The van der Waals surface area contributed by atoms with Crippen LogP contribution in [0.25, 0.3) is 0 Å². The number of carboxylic acid groups (broad SMARTS) is 1. The van der Waals surface area contributed by atoms with Crippen LogP contribution in [0.2, 0.25) is 0 Å². The highest BCUT2D eigenvalue weighted by molar-refractivity contribution is 5.96. The van der Waals surface area contributed by atoms with E-state index in [1.165, 1.54) is 12.1 Å². The van der Waals surface area contributed by atoms with E-state index >= 15 is 0 Å². The van der Waals surface area contributed by atoms with Gasteiger partial charge in [-0.3, -0.25) is 4.79 Å². The minimum Gasteiger partial charge on any atom is -0.478 e. The number of hydrogen-bond donors (Lipinski definition) is 2. The van der Waals surface area contributed by atoms with Crippen LogP contribution in [-0.2, 0) is 4.79 Å². The number of halogens is 1. The molecule has 0 heterocycles. The van der Waals surface area contributed by atoms with Gasteiger partial charge >= 0.3 is 5.97 Å². The first kappa shape index (κ1) is 9.18. The monoisotopic (exact) mass is 183 g/mol. The van der Waals surface area contributed by atoms with E-state index in [9.17, 15) is 14.0 Å². The molecule has 0 radical (unpaired) electrons. The number of aromatic carboxylic acids is 1. The minimum atomic E-state index is -1.29. The third-order valence-electron chi connectivity index (χ3n) is 1.45. The summed E-state index contributed by atoms with van der Waals surface area (Å²) in [5.41, 5.74) is -0.586. The van der Waals surface area contributed by atoms with Crippen LogP contribution in [-0.4, -0.2) is 17.5 Å². The molecular weight excluding hydrogens is 177 g/mol. The van der Waals surface area contributed by atoms with E-state index in [0.29, 0.717) is 0 Å². The van der Waals surface area contributed by atoms with Crippen molar-refractivity contribution in [2.45, 2.75) is 0 Å². The van der Waals surface area contributed by atoms with Gasteiger partial charge in [-0.1, -0.05) is 6.07 Å². The number of benzene rings is 1. The largest absolute Gasteiger partial charge is 0.478 e. The molecule has 0 saturated heterocycles. The van der Waals surface area contributed by atoms with Crippen molar-refractivity contribution in [2.75, 3.05) is 5.32 Å². The highest BCUT2D eigenvalue weighted by Crippen LogP contribution is 2.18. The van der Waals surface area contributed by atoms with Gasteiger partial charge in [0.1, 0.15) is 5.82 Å². The molecule has 0 fully saturated rings. The van der Waals surface area contributed by atoms with Gasteiger partial charge in [0.05, 0.1) is 11.3 Å². The van der Waals surface area contributed by atoms with Crippen LogP contribution in [0, 0.1) is 5.82 Å². The van der Waals surface area contributed by atoms with Gasteiger partial charge in [0, 0.05) is 0 Å². The molecule has 0 aromatic heterocycles. The fourth-order valence-electron chi connectivity index (χ4n) is 0.908. The molecule has 0 aliphatic heterocycles. The van der Waals surface area contributed by atoms with Gasteiger partial charge in [0.15, 0.2) is 0 Å². The lowest BCUT2D eigenvalue weighted by atomic mass is 10.2. The van der Waals surface area contributed by atoms with Gasteiger partial charge in [-0.05, 0) is 12.1 Å². The van der Waals surface area contributed by atoms with Crippen molar-refractivity contribution in [1.82, 2.24) is 0 Å². The van der Waals surface area contributed by atoms with E-state index in [2.05, 4.69) is 0 Å². The number of anilines is 1. The predicted octanol–water partition coefficient (Wildman–Crippen LogP) is 1.09. The van der Waals surface area contributed by atoms with Crippen molar-refractivity contribution >= 4 is 18.1 Å². The van der Waals surface area contributed by atoms with E-state index in [0.717, 1.165) is 6.07 Å². The minimum absolute atomic E-state index is 0.227. The van der Waals surface area contributed by atoms with E-state index in [1.54, 1.807) is 0 Å². The molecule has 0 aliphatic carbocycles. The van der Waals surface area contributed by atoms with Crippen molar-refractivity contribution in [3.63, 3.8) is 0 Å². The first-order chi connectivity index (χ1) is 6.16. The third-order valence-corrected chi connectivity index (χ3v) is 1.45. The number of hydrogen-bond acceptors (Lipinski definition) is 2. The summed E-state index contributed by atoms with van der Waals surface area (Å²) >= 11 is 0. The number of rotatable bonds is 3. The molecule has 1 aromatic carbocycles. The Hall–Kier alpha value is -1.91. The molecule has 1 rings (SSSR count). The first-order valence-electron chi connectivity index (χ1n) is 3.39. The van der Waals surface area contributed by atoms with E-state index in [1.807, 2.05) is 5.32 Å². The molecule has 5 heteroatoms. The molecule has 0 aliphatic rings. The van der Waals surface area contributed by atoms with Crippen LogP contribution in [0.3, 0.4) is 0 Å². The average molecular weight is 183 g/mol. The Labute approximate surface area is 73.0 Å². The van der Waals surface area contributed by atoms with Crippen LogP contribution in [0.15, 0.2) is 18.2 Å². The van der Waals surface area contributed by atoms with Gasteiger partial charge < -0.3 is 10.4 Å². The Morgan fingerprint density at radius 2 is 2.23 bits per heavy atom. The summed E-state index contributed by atoms with van der Waals surface area (Å²) < 4.78 is 12.9. The van der Waals surface area contributed by atoms with Gasteiger partial charge in [0.25, 0.3) is 0 Å². The van der Waals surface area contributed by atoms with Crippen molar-refractivity contribution in [2.24, 2.45) is 0 Å². The zero-order chi connectivity index (χ0) is 9.84. The number of amides is 1. The third kappa shape index (κ3) is 1.81. The lowest BCUT2D eigenvalue weighted by molar-refractivity contribution is -0.105. The predicted molar refractivity (Wildman–Crippen MR) is 43.0 cm³/mol. The van der Waals surface area contributed by atoms with Gasteiger partial charge in [-0.15, -0.1) is 0 Å². The highest BCUT2D eigenvalue weighted by Gasteiger charge is 2.12. The van der Waals surface area contributed by atoms with E-state index in [-0.39, 0.29) is 17.7 Å². The maximum Gasteiger partial charge on any atom is 0.337 e. The molecule has 0 bridgehead atoms. The number of para-hydroxylation sites is 1. The molecular formula is C8H6FNO3. The molecule has 4 nitrogen and oxygen atoms in total. The first-order valence-corrected chi connectivity index (χ1v) is 3.39. The second-order valence-electron chi connectivity index (χ2n) is 2.23. The summed E-state index contributed by atoms with van der Waals surface area (Å²) in [6.45, 7) is 0. The summed E-state index contributed by atoms with van der Waals surface area (Å²) in [5.74, 6) is -2.06. The number of nitrogens with one attached hydrogen (secondary N) is 1. The average Bonchev–Trinajstić information content (AvgIpc) is 2.08. The summed E-state index contributed by atoms with van der Waals surface area (Å²) in [6, 6.07) is 3.53. The highest BCUT2D eigenvalue weighted by atomic mass is 19.1. The Kier molecular flexibility index (Phi) is 2.59. The van der Waals surface area contributed by atoms with Crippen LogP contribution >= 0.6 is 0 Å². The molecule has 0 unspecified atom stereocenters. The standard InChI is InChI=1S/C8H6FNO3/c9-6-3-1-2-5(8(12)13)7(6)10-4-11/h1-4H,(H,10,11)(H,12,13). The van der Waals surface area contributed by atoms with Crippen LogP contribution < -0.4 is 5.32 Å². The fourth-order valence-corrected chi connectivity index (χ4v) is 0.908. The smallest absolute Gasteiger partial charge is 0.337 e. The molecule has 0 atom stereocenters. The summed E-state index contributed by atoms with van der Waals surface area (Å²) in [7, 11) is 0. The number of carbonyl (C=O) groups excluding carboxylic acids is 1. The molecule has 68 valence electrons. The zero-order valence-corrected chi connectivity index (χ0v) is 6.45. The van der Waals surface area contributed by atoms with Gasteiger partial charge in [0.2, 0.25) is 6.41 Å². The second kappa shape index (κ2) is 3.66. The molecule has 1 aromatic rings. The quantitative estimate of drug-likeness (QED) is 0.689. The zero-order valence-electron chi connectivity index (χ0n) is 6.45. The van der Waals surface area contributed by atoms with E-state index in [4.69, 9.17) is 5.11 Å². The van der Waals surface area contributed by atoms with Crippen molar-refractivity contribution in [3.05, 3.63) is 29.6 Å². The van der Waals surface area contributed by atoms with Crippen LogP contribution in [0.5, 0.6) is 0 Å². The molecule has 2 N–H and O–H groups in total. The normalized spacial score (nSPS) is 9.31. The van der Waals surface area contributed by atoms with Gasteiger partial charge in [-0.2, -0.15) is 0 Å². The molecule has 0 saturated carbocycles. The van der Waals surface area contributed by atoms with Crippen LogP contribution in [0.1, 0.15) is 10.4 Å². The summed E-state index contributed by atoms with van der Waals surface area (Å²) in [5, 5.41) is 10.6. The Balaban J connectivity index is 3.24. The lowest BCUT2D eigenvalue weighted by Crippen LogP contribution is -2.06. The van der Waals surface area contributed by atoms with Gasteiger partial charge in [-0.25, -0.2) is 9.18 Å². The number of carboxylic acids is 1. The Bertz CT molecular complexity index is 351. The van der Waals surface area contributed by atoms with Crippen molar-refractivity contribution in [1.29, 1.82) is 0 Å². The summed E-state index contributed by atoms with van der Waals surface area (Å²) in [4.78, 5) is 20.6. The fraction of sp³-hybridized carbons (Fsp3) is 0. The van der Waals surface area contributed by atoms with Crippen LogP contribution in [0.4, 0.5) is 10.1 Å². The molecule has 1 amide bonds. The van der Waals surface area contributed by atoms with Crippen molar-refractivity contribution in [3.8, 4) is 0 Å². The topological polar surface area (TPSA) is 66.4 Å². The van der Waals surface area contributed by atoms with E-state index < -0.39 is 11.8 Å². The Morgan fingerprint density at radius 3 is 2.77 bits per heavy atom. The SMILES string of the molecule is O=CNc1c(F)cccc1C(=O)O. The second-order valence-corrected chi connectivity index (χ2v) is 2.23. The summed E-state index contributed by atoms with van der Waals surface area (Å²) in [6.07, 6.45) is 0.227. The number of carbonyl (C=O) groups is 2. The van der Waals surface area contributed by atoms with Crippen molar-refractivity contribution < 1.29 is 19.1 Å². The maximum atomic E-state index is 12.9. The lowest BCUT2D eigenvalue weighted by Gasteiger charge is -2.04. The Morgan fingerprint density at radius 1 is 1.54 bits per heavy atom. The maximum absolute atomic E-state index is 12.9. The molecule has 13 heavy (non-hydrogen) atoms.